The van der Waals surface area contributed by atoms with Crippen LogP contribution in [0.4, 0.5) is 10.1 Å². The second kappa shape index (κ2) is 11.3. The number of carbonyl (C=O) groups is 1. The molecule has 0 aliphatic rings. The van der Waals surface area contributed by atoms with Gasteiger partial charge in [-0.15, -0.1) is 0 Å². The highest BCUT2D eigenvalue weighted by molar-refractivity contribution is 7.88. The number of para-hydroxylation sites is 1. The van der Waals surface area contributed by atoms with Crippen molar-refractivity contribution in [3.05, 3.63) is 78.4 Å². The molecule has 0 bridgehead atoms. The van der Waals surface area contributed by atoms with Crippen LogP contribution in [-0.2, 0) is 21.4 Å². The van der Waals surface area contributed by atoms with E-state index < -0.39 is 15.8 Å². The molecule has 0 aliphatic heterocycles. The number of anilines is 1. The first kappa shape index (κ1) is 28.1. The Balaban J connectivity index is 1.37. The third-order valence-electron chi connectivity index (χ3n) is 6.75. The number of nitrogens with one attached hydrogen (secondary N) is 4. The zero-order valence-corrected chi connectivity index (χ0v) is 24.1. The molecular weight excluding hydrogens is 571 g/mol. The lowest BCUT2D eigenvalue weighted by Gasteiger charge is -2.08. The normalized spacial score (nSPS) is 11.8. The number of imidazole rings is 1. The Labute approximate surface area is 246 Å². The Morgan fingerprint density at radius 1 is 0.977 bits per heavy atom. The molecule has 0 aliphatic carbocycles. The van der Waals surface area contributed by atoms with Gasteiger partial charge in [0.2, 0.25) is 15.9 Å². The van der Waals surface area contributed by atoms with Gasteiger partial charge in [-0.05, 0) is 60.0 Å². The zero-order chi connectivity index (χ0) is 30.1. The Morgan fingerprint density at radius 2 is 1.84 bits per heavy atom. The van der Waals surface area contributed by atoms with Crippen LogP contribution in [0.5, 0.6) is 0 Å². The fourth-order valence-corrected chi connectivity index (χ4v) is 5.25. The smallest absolute Gasteiger partial charge is 0.224 e. The quantitative estimate of drug-likeness (QED) is 0.179. The minimum Gasteiger partial charge on any atom is -0.336 e. The topological polar surface area (TPSA) is 158 Å². The number of amides is 1. The summed E-state index contributed by atoms with van der Waals surface area (Å²) in [5.74, 6) is -0.104. The van der Waals surface area contributed by atoms with Crippen molar-refractivity contribution in [2.45, 2.75) is 26.3 Å². The Morgan fingerprint density at radius 3 is 2.65 bits per heavy atom. The van der Waals surface area contributed by atoms with E-state index in [-0.39, 0.29) is 12.5 Å². The average Bonchev–Trinajstić information content (AvgIpc) is 3.59. The van der Waals surface area contributed by atoms with E-state index in [4.69, 9.17) is 9.97 Å². The summed E-state index contributed by atoms with van der Waals surface area (Å²) in [7, 11) is -3.44. The predicted molar refractivity (Wildman–Crippen MR) is 163 cm³/mol. The number of aromatic amines is 2. The summed E-state index contributed by atoms with van der Waals surface area (Å²) in [6.07, 6.45) is 5.49. The monoisotopic (exact) mass is 598 g/mol. The Hall–Kier alpha value is -5.01. The molecule has 1 amide bonds. The van der Waals surface area contributed by atoms with Crippen LogP contribution in [0.2, 0.25) is 0 Å². The third kappa shape index (κ3) is 6.12. The second-order valence-corrected chi connectivity index (χ2v) is 12.0. The molecule has 0 unspecified atom stereocenters. The Kier molecular flexibility index (Phi) is 7.42. The van der Waals surface area contributed by atoms with E-state index in [9.17, 15) is 17.6 Å². The number of carbonyl (C=O) groups excluding carboxylic acids is 1. The van der Waals surface area contributed by atoms with Gasteiger partial charge < -0.3 is 10.3 Å². The number of pyridine rings is 2. The minimum absolute atomic E-state index is 0.0395. The van der Waals surface area contributed by atoms with E-state index in [2.05, 4.69) is 30.2 Å². The van der Waals surface area contributed by atoms with Crippen molar-refractivity contribution in [3.63, 3.8) is 0 Å². The maximum absolute atomic E-state index is 14.6. The summed E-state index contributed by atoms with van der Waals surface area (Å²) in [5, 5.41) is 10.3. The van der Waals surface area contributed by atoms with Crippen LogP contribution >= 0.6 is 0 Å². The number of rotatable bonds is 9. The molecule has 4 aromatic heterocycles. The Bertz CT molecular complexity index is 2110. The number of sulfonamides is 1. The molecule has 43 heavy (non-hydrogen) atoms. The number of benzene rings is 2. The van der Waals surface area contributed by atoms with Gasteiger partial charge in [-0.1, -0.05) is 19.1 Å². The summed E-state index contributed by atoms with van der Waals surface area (Å²) in [4.78, 5) is 29.3. The van der Waals surface area contributed by atoms with Crippen molar-refractivity contribution >= 4 is 43.7 Å². The molecule has 6 rings (SSSR count). The number of halogens is 1. The van der Waals surface area contributed by atoms with Crippen LogP contribution < -0.4 is 10.0 Å². The van der Waals surface area contributed by atoms with Crippen LogP contribution in [0.15, 0.2) is 67.0 Å². The molecule has 0 atom stereocenters. The number of nitrogens with zero attached hydrogens (tertiary/aromatic N) is 4. The van der Waals surface area contributed by atoms with Gasteiger partial charge in [0.05, 0.1) is 40.4 Å². The fraction of sp³-hybridized carbons (Fsp3) is 0.167. The molecule has 6 aromatic rings. The lowest BCUT2D eigenvalue weighted by molar-refractivity contribution is -0.116. The highest BCUT2D eigenvalue weighted by Crippen LogP contribution is 2.33. The molecule has 2 aromatic carbocycles. The minimum atomic E-state index is -3.44. The maximum atomic E-state index is 14.6. The van der Waals surface area contributed by atoms with Crippen LogP contribution in [-0.4, -0.2) is 50.7 Å². The number of H-pyrrole nitrogens is 2. The first-order chi connectivity index (χ1) is 20.7. The van der Waals surface area contributed by atoms with Crippen molar-refractivity contribution < 1.29 is 17.6 Å². The molecule has 4 N–H and O–H groups in total. The van der Waals surface area contributed by atoms with Gasteiger partial charge in [0.1, 0.15) is 11.3 Å². The number of fused-ring (bicyclic) bond motifs is 2. The van der Waals surface area contributed by atoms with Crippen molar-refractivity contribution in [2.75, 3.05) is 11.6 Å². The molecule has 0 radical (unpaired) electrons. The summed E-state index contributed by atoms with van der Waals surface area (Å²) in [6.45, 7) is 1.90. The lowest BCUT2D eigenvalue weighted by atomic mass is 10.0. The lowest BCUT2D eigenvalue weighted by Crippen LogP contribution is -2.21. The van der Waals surface area contributed by atoms with E-state index in [0.717, 1.165) is 18.2 Å². The van der Waals surface area contributed by atoms with Gasteiger partial charge in [0.25, 0.3) is 0 Å². The van der Waals surface area contributed by atoms with E-state index in [1.165, 1.54) is 12.1 Å². The van der Waals surface area contributed by atoms with Crippen molar-refractivity contribution in [1.82, 2.24) is 34.9 Å². The summed E-state index contributed by atoms with van der Waals surface area (Å²) in [6, 6.07) is 15.5. The highest BCUT2D eigenvalue weighted by Gasteiger charge is 2.18. The van der Waals surface area contributed by atoms with Gasteiger partial charge >= 0.3 is 0 Å². The van der Waals surface area contributed by atoms with Crippen LogP contribution in [0.25, 0.3) is 56.0 Å². The van der Waals surface area contributed by atoms with E-state index in [1.54, 1.807) is 18.5 Å². The summed E-state index contributed by atoms with van der Waals surface area (Å²) >= 11 is 0. The molecule has 0 spiro atoms. The molecule has 218 valence electrons. The average molecular weight is 599 g/mol. The molecule has 0 saturated carbocycles. The zero-order valence-electron chi connectivity index (χ0n) is 23.3. The van der Waals surface area contributed by atoms with Gasteiger partial charge in [-0.2, -0.15) is 5.10 Å². The first-order valence-corrected chi connectivity index (χ1v) is 15.4. The first-order valence-electron chi connectivity index (χ1n) is 13.5. The van der Waals surface area contributed by atoms with Crippen molar-refractivity contribution in [1.29, 1.82) is 0 Å². The number of hydrogen-bond donors (Lipinski definition) is 4. The molecule has 0 fully saturated rings. The largest absolute Gasteiger partial charge is 0.336 e. The van der Waals surface area contributed by atoms with E-state index in [1.807, 2.05) is 43.3 Å². The van der Waals surface area contributed by atoms with Gasteiger partial charge in [0, 0.05) is 30.3 Å². The highest BCUT2D eigenvalue weighted by atomic mass is 32.2. The molecule has 0 saturated heterocycles. The predicted octanol–water partition coefficient (Wildman–Crippen LogP) is 5.16. The van der Waals surface area contributed by atoms with Crippen molar-refractivity contribution in [3.8, 4) is 33.9 Å². The van der Waals surface area contributed by atoms with Gasteiger partial charge in [0.15, 0.2) is 11.5 Å². The SMILES string of the molecule is CCCC(=O)Nc1cncc(-c2ccc3[nH]nc(-c4nc5c(-c6cc(F)cc(CNS(C)(=O)=O)c6)cccc5[nH]4)c3n2)c1. The van der Waals surface area contributed by atoms with Crippen LogP contribution in [0.1, 0.15) is 25.3 Å². The summed E-state index contributed by atoms with van der Waals surface area (Å²) < 4.78 is 40.1. The van der Waals surface area contributed by atoms with Gasteiger partial charge in [-0.3, -0.25) is 14.9 Å². The molecule has 11 nitrogen and oxygen atoms in total. The van der Waals surface area contributed by atoms with Crippen LogP contribution in [0, 0.1) is 5.82 Å². The van der Waals surface area contributed by atoms with Gasteiger partial charge in [-0.25, -0.2) is 27.5 Å². The standard InChI is InChI=1S/C30H27FN8O3S/c1-3-5-26(40)34-21-13-19(15-32-16-21)23-8-9-25-28(35-23)29(39-38-25)30-36-24-7-4-6-22(27(24)37-30)18-10-17(11-20(31)12-18)14-33-43(2,41)42/h4,6-13,15-16,33H,3,5,14H2,1-2H3,(H,34,40)(H,36,37)(H,38,39). The second-order valence-electron chi connectivity index (χ2n) is 10.2. The maximum Gasteiger partial charge on any atom is 0.224 e. The molecule has 4 heterocycles. The molecular formula is C30H27FN8O3S. The number of aromatic nitrogens is 6. The number of hydrogen-bond acceptors (Lipinski definition) is 7. The summed E-state index contributed by atoms with van der Waals surface area (Å²) in [5.41, 5.74) is 6.74. The van der Waals surface area contributed by atoms with Crippen LogP contribution in [0.3, 0.4) is 0 Å². The van der Waals surface area contributed by atoms with E-state index in [0.29, 0.717) is 68.1 Å². The van der Waals surface area contributed by atoms with Crippen molar-refractivity contribution in [2.24, 2.45) is 0 Å². The fourth-order valence-electron chi connectivity index (χ4n) is 4.82. The molecule has 13 heteroatoms. The third-order valence-corrected chi connectivity index (χ3v) is 7.42. The van der Waals surface area contributed by atoms with E-state index >= 15 is 0 Å².